The van der Waals surface area contributed by atoms with Crippen LogP contribution in [-0.2, 0) is 0 Å². The summed E-state index contributed by atoms with van der Waals surface area (Å²) in [5.74, 6) is 0.872. The van der Waals surface area contributed by atoms with Gasteiger partial charge < -0.3 is 15.2 Å². The standard InChI is InChI=1S/C15H15BrFNO2/c1-19-10-6-9(7-11(8-10)20-2)15(18)12-4-3-5-13(16)14(12)17/h3-8,15H,18H2,1-2H3. The molecule has 0 fully saturated rings. The highest BCUT2D eigenvalue weighted by Gasteiger charge is 2.17. The Morgan fingerprint density at radius 2 is 1.70 bits per heavy atom. The third kappa shape index (κ3) is 2.94. The zero-order chi connectivity index (χ0) is 14.7. The molecular weight excluding hydrogens is 325 g/mol. The smallest absolute Gasteiger partial charge is 0.142 e. The number of hydrogen-bond donors (Lipinski definition) is 1. The highest BCUT2D eigenvalue weighted by molar-refractivity contribution is 9.10. The molecule has 20 heavy (non-hydrogen) atoms. The van der Waals surface area contributed by atoms with Crippen molar-refractivity contribution in [3.8, 4) is 11.5 Å². The van der Waals surface area contributed by atoms with E-state index in [1.165, 1.54) is 0 Å². The summed E-state index contributed by atoms with van der Waals surface area (Å²) in [6.07, 6.45) is 0. The van der Waals surface area contributed by atoms with E-state index in [4.69, 9.17) is 15.2 Å². The van der Waals surface area contributed by atoms with Crippen molar-refractivity contribution in [3.05, 3.63) is 57.8 Å². The first kappa shape index (κ1) is 14.8. The molecule has 0 aliphatic rings. The van der Waals surface area contributed by atoms with E-state index in [9.17, 15) is 4.39 Å². The Morgan fingerprint density at radius 1 is 1.10 bits per heavy atom. The van der Waals surface area contributed by atoms with Crippen molar-refractivity contribution in [3.63, 3.8) is 0 Å². The van der Waals surface area contributed by atoms with E-state index >= 15 is 0 Å². The fourth-order valence-electron chi connectivity index (χ4n) is 1.95. The van der Waals surface area contributed by atoms with E-state index in [0.717, 1.165) is 5.56 Å². The zero-order valence-electron chi connectivity index (χ0n) is 11.2. The molecule has 2 rings (SSSR count). The number of halogens is 2. The highest BCUT2D eigenvalue weighted by Crippen LogP contribution is 2.31. The van der Waals surface area contributed by atoms with Gasteiger partial charge in [0, 0.05) is 11.6 Å². The number of hydrogen-bond acceptors (Lipinski definition) is 3. The van der Waals surface area contributed by atoms with Crippen molar-refractivity contribution in [1.82, 2.24) is 0 Å². The minimum Gasteiger partial charge on any atom is -0.497 e. The van der Waals surface area contributed by atoms with Crippen molar-refractivity contribution < 1.29 is 13.9 Å². The summed E-state index contributed by atoms with van der Waals surface area (Å²) in [7, 11) is 3.12. The van der Waals surface area contributed by atoms with Gasteiger partial charge in [-0.05, 0) is 39.7 Å². The van der Waals surface area contributed by atoms with Crippen molar-refractivity contribution in [1.29, 1.82) is 0 Å². The van der Waals surface area contributed by atoms with Crippen LogP contribution in [0.4, 0.5) is 4.39 Å². The zero-order valence-corrected chi connectivity index (χ0v) is 12.8. The topological polar surface area (TPSA) is 44.5 Å². The van der Waals surface area contributed by atoms with Gasteiger partial charge in [-0.15, -0.1) is 0 Å². The molecule has 0 saturated heterocycles. The highest BCUT2D eigenvalue weighted by atomic mass is 79.9. The van der Waals surface area contributed by atoms with Crippen molar-refractivity contribution in [2.24, 2.45) is 5.73 Å². The van der Waals surface area contributed by atoms with Crippen LogP contribution in [0.25, 0.3) is 0 Å². The molecule has 0 spiro atoms. The number of benzene rings is 2. The fraction of sp³-hybridized carbons (Fsp3) is 0.200. The molecule has 0 aliphatic carbocycles. The molecule has 1 unspecified atom stereocenters. The number of methoxy groups -OCH3 is 2. The van der Waals surface area contributed by atoms with Gasteiger partial charge in [-0.25, -0.2) is 4.39 Å². The lowest BCUT2D eigenvalue weighted by Crippen LogP contribution is -2.14. The molecule has 0 bridgehead atoms. The van der Waals surface area contributed by atoms with Crippen LogP contribution in [0.5, 0.6) is 11.5 Å². The first-order valence-electron chi connectivity index (χ1n) is 5.99. The molecule has 0 aliphatic heterocycles. The van der Waals surface area contributed by atoms with E-state index in [2.05, 4.69) is 15.9 Å². The summed E-state index contributed by atoms with van der Waals surface area (Å²) in [6.45, 7) is 0. The lowest BCUT2D eigenvalue weighted by atomic mass is 9.98. The van der Waals surface area contributed by atoms with Crippen LogP contribution in [0.1, 0.15) is 17.2 Å². The Balaban J connectivity index is 2.47. The van der Waals surface area contributed by atoms with E-state index in [1.54, 1.807) is 50.6 Å². The van der Waals surface area contributed by atoms with Crippen LogP contribution >= 0.6 is 15.9 Å². The molecule has 0 heterocycles. The first-order valence-corrected chi connectivity index (χ1v) is 6.78. The summed E-state index contributed by atoms with van der Waals surface area (Å²) >= 11 is 3.16. The Kier molecular flexibility index (Phi) is 4.62. The largest absolute Gasteiger partial charge is 0.497 e. The van der Waals surface area contributed by atoms with Crippen LogP contribution in [0, 0.1) is 5.82 Å². The molecule has 0 amide bonds. The molecule has 5 heteroatoms. The van der Waals surface area contributed by atoms with Crippen molar-refractivity contribution in [2.45, 2.75) is 6.04 Å². The SMILES string of the molecule is COc1cc(OC)cc(C(N)c2cccc(Br)c2F)c1. The second-order valence-corrected chi connectivity index (χ2v) is 5.12. The summed E-state index contributed by atoms with van der Waals surface area (Å²) in [4.78, 5) is 0. The molecule has 0 aromatic heterocycles. The maximum absolute atomic E-state index is 14.1. The van der Waals surface area contributed by atoms with Crippen LogP contribution in [0.3, 0.4) is 0 Å². The predicted octanol–water partition coefficient (Wildman–Crippen LogP) is 3.65. The third-order valence-corrected chi connectivity index (χ3v) is 3.66. The van der Waals surface area contributed by atoms with Gasteiger partial charge in [-0.1, -0.05) is 12.1 Å². The molecular formula is C15H15BrFNO2. The van der Waals surface area contributed by atoms with Crippen molar-refractivity contribution in [2.75, 3.05) is 14.2 Å². The summed E-state index contributed by atoms with van der Waals surface area (Å²) in [6, 6.07) is 9.74. The second kappa shape index (κ2) is 6.24. The number of ether oxygens (including phenoxy) is 2. The minimum atomic E-state index is -0.600. The monoisotopic (exact) mass is 339 g/mol. The normalized spacial score (nSPS) is 12.1. The molecule has 0 radical (unpaired) electrons. The van der Waals surface area contributed by atoms with Gasteiger partial charge in [0.1, 0.15) is 17.3 Å². The summed E-state index contributed by atoms with van der Waals surface area (Å²) < 4.78 is 24.9. The molecule has 1 atom stereocenters. The molecule has 2 aromatic rings. The predicted molar refractivity (Wildman–Crippen MR) is 79.7 cm³/mol. The molecule has 2 aromatic carbocycles. The average molecular weight is 340 g/mol. The Hall–Kier alpha value is -1.59. The van der Waals surface area contributed by atoms with Gasteiger partial charge in [0.25, 0.3) is 0 Å². The van der Waals surface area contributed by atoms with Gasteiger partial charge in [-0.2, -0.15) is 0 Å². The molecule has 0 saturated carbocycles. The fourth-order valence-corrected chi connectivity index (χ4v) is 2.33. The van der Waals surface area contributed by atoms with Crippen LogP contribution in [0.2, 0.25) is 0 Å². The van der Waals surface area contributed by atoms with Crippen LogP contribution < -0.4 is 15.2 Å². The second-order valence-electron chi connectivity index (χ2n) is 4.27. The Labute approximate surface area is 125 Å². The van der Waals surface area contributed by atoms with Crippen LogP contribution in [-0.4, -0.2) is 14.2 Å². The van der Waals surface area contributed by atoms with Gasteiger partial charge in [-0.3, -0.25) is 0 Å². The van der Waals surface area contributed by atoms with Crippen LogP contribution in [0.15, 0.2) is 40.9 Å². The summed E-state index contributed by atoms with van der Waals surface area (Å²) in [5, 5.41) is 0. The van der Waals surface area contributed by atoms with E-state index in [-0.39, 0.29) is 5.82 Å². The minimum absolute atomic E-state index is 0.359. The van der Waals surface area contributed by atoms with Gasteiger partial charge >= 0.3 is 0 Å². The van der Waals surface area contributed by atoms with Gasteiger partial charge in [0.2, 0.25) is 0 Å². The maximum atomic E-state index is 14.1. The maximum Gasteiger partial charge on any atom is 0.142 e. The Morgan fingerprint density at radius 3 is 2.25 bits per heavy atom. The molecule has 2 N–H and O–H groups in total. The average Bonchev–Trinajstić information content (AvgIpc) is 2.48. The van der Waals surface area contributed by atoms with E-state index in [0.29, 0.717) is 21.5 Å². The number of nitrogens with two attached hydrogens (primary N) is 1. The Bertz CT molecular complexity index is 597. The summed E-state index contributed by atoms with van der Waals surface area (Å²) in [5.41, 5.74) is 7.29. The first-order chi connectivity index (χ1) is 9.56. The van der Waals surface area contributed by atoms with E-state index in [1.807, 2.05) is 0 Å². The van der Waals surface area contributed by atoms with Gasteiger partial charge in [0.05, 0.1) is 24.7 Å². The lowest BCUT2D eigenvalue weighted by Gasteiger charge is -2.16. The lowest BCUT2D eigenvalue weighted by molar-refractivity contribution is 0.393. The number of rotatable bonds is 4. The quantitative estimate of drug-likeness (QED) is 0.924. The van der Waals surface area contributed by atoms with E-state index < -0.39 is 6.04 Å². The van der Waals surface area contributed by atoms with Crippen molar-refractivity contribution >= 4 is 15.9 Å². The molecule has 3 nitrogen and oxygen atoms in total. The van der Waals surface area contributed by atoms with Gasteiger partial charge in [0.15, 0.2) is 0 Å². The third-order valence-electron chi connectivity index (χ3n) is 3.05. The molecule has 106 valence electrons.